The van der Waals surface area contributed by atoms with Gasteiger partial charge in [0.15, 0.2) is 5.96 Å². The number of primary amides is 1. The molecule has 7 rings (SSSR count). The molecule has 2 aromatic heterocycles. The molecule has 1 fully saturated rings. The van der Waals surface area contributed by atoms with Gasteiger partial charge in [0.2, 0.25) is 76.8 Å². The van der Waals surface area contributed by atoms with Crippen LogP contribution in [0, 0.1) is 17.2 Å². The van der Waals surface area contributed by atoms with Gasteiger partial charge in [0.25, 0.3) is 0 Å². The number of aliphatic hydroxyl groups is 1. The van der Waals surface area contributed by atoms with E-state index in [4.69, 9.17) is 22.6 Å². The fourth-order valence-corrected chi connectivity index (χ4v) is 14.0. The Kier molecular flexibility index (Phi) is 35.7. The van der Waals surface area contributed by atoms with Crippen LogP contribution in [0.4, 0.5) is 0 Å². The summed E-state index contributed by atoms with van der Waals surface area (Å²) in [6, 6.07) is 9.90. The second-order valence-electron chi connectivity index (χ2n) is 29.0. The van der Waals surface area contributed by atoms with Crippen LogP contribution in [0.3, 0.4) is 0 Å². The predicted octanol–water partition coefficient (Wildman–Crippen LogP) is -0.347. The number of aliphatic carboxylic acids is 1. The number of unbranched alkanes of at least 4 members (excludes halogenated alkanes) is 3. The molecule has 1 aliphatic heterocycles. The van der Waals surface area contributed by atoms with Crippen LogP contribution in [0.5, 0.6) is 0 Å². The molecule has 4 aromatic carbocycles. The molecule has 24 N–H and O–H groups in total. The molecule has 13 amide bonds. The van der Waals surface area contributed by atoms with E-state index in [1.165, 1.54) is 0 Å². The highest BCUT2D eigenvalue weighted by molar-refractivity contribution is 8.00. The zero-order chi connectivity index (χ0) is 83.8. The number of H-pyrrole nitrogens is 2. The molecule has 1 aliphatic rings. The number of hydrogen-bond acceptors (Lipinski definition) is 18. The number of carbonyl (C=O) groups excluding carboxylic acids is 13. The van der Waals surface area contributed by atoms with E-state index in [1.807, 2.05) is 43.3 Å². The van der Waals surface area contributed by atoms with E-state index < -0.39 is 192 Å². The van der Waals surface area contributed by atoms with E-state index in [0.29, 0.717) is 64.2 Å². The molecule has 0 aliphatic carbocycles. The summed E-state index contributed by atoms with van der Waals surface area (Å²) in [7, 11) is 0. The number of nitrogens with two attached hydrogens (primary N) is 3. The van der Waals surface area contributed by atoms with Gasteiger partial charge in [-0.05, 0) is 96.5 Å². The topological polar surface area (TPSA) is 569 Å². The molecule has 3 heterocycles. The SMILES string of the molecule is CCCCC[C@@H]1NC(=O)[C@H](Cc2c[nH]c3ccccc23)NC(=O)[C@H](CC(=O)O)NC(=O)[C@H](CCCNC(=N)N)NC(=O)CNC(=O)[C@H](CO)NC(=O)[C@H]([C@@H](C)CC)NC(=O)[C@H](Cc2ccc3ccccc3c2)NC(=O)CSC[C@@H](C(N)=O)NC(=O)[C@H](C(C)C)NC(=O)[C@@H](Cc2c[nH]c3ccccc23)NC(=O)[C@H](CCCCN)NC1=O. The average Bonchev–Trinajstić information content (AvgIpc) is 1.74. The van der Waals surface area contributed by atoms with Gasteiger partial charge in [0.1, 0.15) is 66.5 Å². The number of carboxylic acid groups (broad SMARTS) is 1. The smallest absolute Gasteiger partial charge is 0.305 e. The first-order valence-electron chi connectivity index (χ1n) is 38.7. The zero-order valence-electron chi connectivity index (χ0n) is 65.2. The van der Waals surface area contributed by atoms with E-state index in [0.717, 1.165) is 22.5 Å². The van der Waals surface area contributed by atoms with E-state index in [2.05, 4.69) is 79.1 Å². The molecule has 0 saturated carbocycles. The molecular weight excluding hydrogens is 1500 g/mol. The minimum absolute atomic E-state index is 0.00337. The van der Waals surface area contributed by atoms with Crippen LogP contribution in [-0.2, 0) is 86.4 Å². The van der Waals surface area contributed by atoms with Crippen molar-refractivity contribution in [2.24, 2.45) is 29.0 Å². The summed E-state index contributed by atoms with van der Waals surface area (Å²) < 4.78 is 0. The van der Waals surface area contributed by atoms with E-state index >= 15 is 19.2 Å². The first-order chi connectivity index (χ1) is 55.0. The molecule has 622 valence electrons. The second kappa shape index (κ2) is 45.3. The fraction of sp³-hybridized carbons (Fsp3) is 0.481. The number of guanidine groups is 1. The Hall–Kier alpha value is -11.7. The van der Waals surface area contributed by atoms with E-state index in [-0.39, 0.29) is 76.6 Å². The van der Waals surface area contributed by atoms with Crippen LogP contribution in [0.1, 0.15) is 122 Å². The standard InChI is InChI=1S/C79H109N19O16S/c1-6-8-9-25-55-71(107)90-56(26-16-17-30-80)72(108)92-59(35-49-38-86-53-24-15-13-22-51(49)53)76(112)97-66(43(3)4)77(113)96-62(68(81)104)41-115-42-64(101)89-57(33-45-28-29-46-19-10-11-20-47(46)32-45)75(111)98-67(44(5)7-2)78(114)95-61(40-99)69(105)87-39-63(100)88-54(27-18-31-84-79(82)83)70(106)94-60(36-65(102)103)74(110)93-58(73(109)91-55)34-48-37-85-52-23-14-12-21-50(48)52/h10-15,19-24,28-29,32,37-38,43-44,54-62,66-67,85-86,99H,6-9,16-18,25-27,30-31,33-36,39-42,80H2,1-5H3,(H2,81,104)(H,87,105)(H,88,100)(H,89,101)(H,90,107)(H,91,109)(H,92,108)(H,93,110)(H,94,106)(H,95,114)(H,96,113)(H,97,112)(H,98,111)(H,102,103)(H4,82,83,84)/t44-,54-,55-,56-,57-,58-,59+,60-,61-,62-,66-,67-/m0/s1. The minimum Gasteiger partial charge on any atom is -0.481 e. The Labute approximate surface area is 669 Å². The molecule has 36 heteroatoms. The monoisotopic (exact) mass is 1610 g/mol. The summed E-state index contributed by atoms with van der Waals surface area (Å²) in [6.07, 6.45) is 3.69. The molecular formula is C79H109N19O16S. The number of hydrogen-bond donors (Lipinski definition) is 21. The van der Waals surface area contributed by atoms with Crippen LogP contribution in [0.15, 0.2) is 103 Å². The quantitative estimate of drug-likeness (QED) is 0.0198. The number of carbonyl (C=O) groups is 14. The number of rotatable bonds is 25. The van der Waals surface area contributed by atoms with E-state index in [1.54, 1.807) is 94.7 Å². The third-order valence-corrected chi connectivity index (χ3v) is 20.8. The van der Waals surface area contributed by atoms with Crippen LogP contribution in [-0.4, -0.2) is 213 Å². The maximum atomic E-state index is 15.2. The van der Waals surface area contributed by atoms with Crippen molar-refractivity contribution < 1.29 is 77.3 Å². The van der Waals surface area contributed by atoms with Crippen molar-refractivity contribution in [2.45, 2.75) is 191 Å². The summed E-state index contributed by atoms with van der Waals surface area (Å²) in [5.41, 5.74) is 20.3. The second-order valence-corrected chi connectivity index (χ2v) is 30.0. The van der Waals surface area contributed by atoms with Crippen molar-refractivity contribution >= 4 is 133 Å². The molecule has 0 spiro atoms. The number of fused-ring (bicyclic) bond motifs is 3. The molecule has 6 aromatic rings. The number of aliphatic hydroxyl groups excluding tert-OH is 1. The van der Waals surface area contributed by atoms with Gasteiger partial charge in [-0.2, -0.15) is 0 Å². The molecule has 0 radical (unpaired) electrons. The van der Waals surface area contributed by atoms with Gasteiger partial charge >= 0.3 is 5.97 Å². The van der Waals surface area contributed by atoms with Crippen LogP contribution >= 0.6 is 11.8 Å². The minimum atomic E-state index is -1.99. The zero-order valence-corrected chi connectivity index (χ0v) is 66.0. The lowest BCUT2D eigenvalue weighted by Crippen LogP contribution is -2.61. The van der Waals surface area contributed by atoms with Crippen molar-refractivity contribution in [3.63, 3.8) is 0 Å². The highest BCUT2D eigenvalue weighted by Gasteiger charge is 2.39. The van der Waals surface area contributed by atoms with Crippen LogP contribution in [0.25, 0.3) is 32.6 Å². The number of thioether (sulfide) groups is 1. The third kappa shape index (κ3) is 27.9. The van der Waals surface area contributed by atoms with Gasteiger partial charge in [-0.3, -0.25) is 72.5 Å². The lowest BCUT2D eigenvalue weighted by atomic mass is 9.96. The Balaban J connectivity index is 1.28. The summed E-state index contributed by atoms with van der Waals surface area (Å²) >= 11 is 0.865. The Morgan fingerprint density at radius 2 is 1.00 bits per heavy atom. The molecule has 35 nitrogen and oxygen atoms in total. The first-order valence-corrected chi connectivity index (χ1v) is 39.8. The van der Waals surface area contributed by atoms with Crippen molar-refractivity contribution in [3.05, 3.63) is 120 Å². The highest BCUT2D eigenvalue weighted by atomic mass is 32.2. The normalized spacial score (nSPS) is 22.8. The van der Waals surface area contributed by atoms with Crippen molar-refractivity contribution in [2.75, 3.05) is 37.7 Å². The lowest BCUT2D eigenvalue weighted by Gasteiger charge is -2.29. The van der Waals surface area contributed by atoms with Crippen LogP contribution < -0.4 is 86.3 Å². The van der Waals surface area contributed by atoms with Gasteiger partial charge in [-0.25, -0.2) is 0 Å². The average molecular weight is 1610 g/mol. The summed E-state index contributed by atoms with van der Waals surface area (Å²) in [6.45, 7) is 6.70. The van der Waals surface area contributed by atoms with E-state index in [9.17, 15) is 58.2 Å². The van der Waals surface area contributed by atoms with Gasteiger partial charge in [-0.1, -0.05) is 139 Å². The summed E-state index contributed by atoms with van der Waals surface area (Å²) in [5.74, 6) is -16.6. The number of nitrogens with one attached hydrogen (secondary N) is 16. The highest BCUT2D eigenvalue weighted by Crippen LogP contribution is 2.24. The Morgan fingerprint density at radius 1 is 0.522 bits per heavy atom. The number of benzene rings is 4. The Morgan fingerprint density at radius 3 is 1.55 bits per heavy atom. The van der Waals surface area contributed by atoms with Gasteiger partial charge in [-0.15, -0.1) is 11.8 Å². The summed E-state index contributed by atoms with van der Waals surface area (Å²) in [4.78, 5) is 207. The summed E-state index contributed by atoms with van der Waals surface area (Å²) in [5, 5.41) is 65.4. The van der Waals surface area contributed by atoms with Gasteiger partial charge in [0, 0.05) is 65.8 Å². The predicted molar refractivity (Wildman–Crippen MR) is 432 cm³/mol. The molecule has 12 atom stereocenters. The van der Waals surface area contributed by atoms with Crippen molar-refractivity contribution in [1.29, 1.82) is 5.41 Å². The van der Waals surface area contributed by atoms with Crippen LogP contribution in [0.2, 0.25) is 0 Å². The number of amides is 13. The molecule has 115 heavy (non-hydrogen) atoms. The molecule has 0 bridgehead atoms. The number of aromatic nitrogens is 2. The van der Waals surface area contributed by atoms with Gasteiger partial charge < -0.3 is 107 Å². The van der Waals surface area contributed by atoms with Crippen molar-refractivity contribution in [3.8, 4) is 0 Å². The van der Waals surface area contributed by atoms with Gasteiger partial charge in [0.05, 0.1) is 25.3 Å². The maximum Gasteiger partial charge on any atom is 0.305 e. The molecule has 0 unspecified atom stereocenters. The first kappa shape index (κ1) is 90.5. The maximum absolute atomic E-state index is 15.2. The largest absolute Gasteiger partial charge is 0.481 e. The Bertz CT molecular complexity index is 4420. The number of carboxylic acids is 1. The fourth-order valence-electron chi connectivity index (χ4n) is 13.1. The van der Waals surface area contributed by atoms with Crippen molar-refractivity contribution in [1.82, 2.24) is 79.1 Å². The third-order valence-electron chi connectivity index (χ3n) is 19.8. The number of aromatic amines is 2. The number of para-hydroxylation sites is 2. The molecule has 1 saturated heterocycles. The lowest BCUT2D eigenvalue weighted by molar-refractivity contribution is -0.141.